The first-order valence-corrected chi connectivity index (χ1v) is 9.17. The van der Waals surface area contributed by atoms with Crippen LogP contribution in [0.25, 0.3) is 0 Å². The molecule has 7 heteroatoms. The van der Waals surface area contributed by atoms with Crippen molar-refractivity contribution in [2.45, 2.75) is 46.3 Å². The maximum absolute atomic E-state index is 12.3. The molecular formula is C19H35N5O2. The van der Waals surface area contributed by atoms with Crippen LogP contribution >= 0.6 is 0 Å². The quantitative estimate of drug-likeness (QED) is 0.596. The summed E-state index contributed by atoms with van der Waals surface area (Å²) in [5, 5.41) is 3.32. The van der Waals surface area contributed by atoms with E-state index in [2.05, 4.69) is 32.8 Å². The number of guanidine groups is 1. The maximum atomic E-state index is 12.3. The normalized spacial score (nSPS) is 12.0. The van der Waals surface area contributed by atoms with Gasteiger partial charge in [-0.2, -0.15) is 0 Å². The van der Waals surface area contributed by atoms with E-state index >= 15 is 0 Å². The number of carbonyl (C=O) groups excluding carboxylic acids is 1. The largest absolute Gasteiger partial charge is 0.444 e. The summed E-state index contributed by atoms with van der Waals surface area (Å²) in [5.74, 6) is 0.798. The molecule has 0 aliphatic rings. The van der Waals surface area contributed by atoms with E-state index in [0.29, 0.717) is 19.6 Å². The van der Waals surface area contributed by atoms with Crippen molar-refractivity contribution < 1.29 is 9.53 Å². The summed E-state index contributed by atoms with van der Waals surface area (Å²) in [6.45, 7) is 10.3. The first-order chi connectivity index (χ1) is 12.2. The maximum Gasteiger partial charge on any atom is 0.410 e. The Bertz CT molecular complexity index is 589. The predicted octanol–water partition coefficient (Wildman–Crippen LogP) is 2.68. The summed E-state index contributed by atoms with van der Waals surface area (Å²) in [6, 6.07) is 4.12. The molecule has 26 heavy (non-hydrogen) atoms. The first-order valence-electron chi connectivity index (χ1n) is 9.17. The lowest BCUT2D eigenvalue weighted by Crippen LogP contribution is -2.45. The van der Waals surface area contributed by atoms with E-state index in [4.69, 9.17) is 4.74 Å². The van der Waals surface area contributed by atoms with Crippen LogP contribution in [0.4, 0.5) is 4.79 Å². The molecule has 1 rings (SSSR count). The minimum atomic E-state index is -0.484. The Morgan fingerprint density at radius 2 is 2.04 bits per heavy atom. The van der Waals surface area contributed by atoms with Gasteiger partial charge in [0.1, 0.15) is 5.60 Å². The van der Waals surface area contributed by atoms with Crippen molar-refractivity contribution in [2.75, 3.05) is 33.7 Å². The topological polar surface area (TPSA) is 62.1 Å². The van der Waals surface area contributed by atoms with Crippen LogP contribution in [0.1, 0.15) is 39.8 Å². The highest BCUT2D eigenvalue weighted by Gasteiger charge is 2.21. The van der Waals surface area contributed by atoms with E-state index in [1.807, 2.05) is 47.1 Å². The van der Waals surface area contributed by atoms with Crippen LogP contribution in [0.5, 0.6) is 0 Å². The predicted molar refractivity (Wildman–Crippen MR) is 106 cm³/mol. The number of nitrogens with zero attached hydrogens (tertiary/aromatic N) is 4. The summed E-state index contributed by atoms with van der Waals surface area (Å²) in [5.41, 5.74) is 0.721. The smallest absolute Gasteiger partial charge is 0.410 e. The van der Waals surface area contributed by atoms with Gasteiger partial charge in [-0.05, 0) is 39.3 Å². The van der Waals surface area contributed by atoms with Gasteiger partial charge >= 0.3 is 6.09 Å². The number of hydrogen-bond acceptors (Lipinski definition) is 3. The molecule has 1 aromatic heterocycles. The van der Waals surface area contributed by atoms with Gasteiger partial charge in [0.15, 0.2) is 5.96 Å². The Kier molecular flexibility index (Phi) is 8.48. The van der Waals surface area contributed by atoms with Crippen molar-refractivity contribution in [3.8, 4) is 0 Å². The van der Waals surface area contributed by atoms with E-state index in [1.54, 1.807) is 11.9 Å². The average Bonchev–Trinajstić information content (AvgIpc) is 2.93. The molecule has 0 radical (unpaired) electrons. The number of nitrogens with one attached hydrogen (secondary N) is 1. The molecule has 0 saturated carbocycles. The lowest BCUT2D eigenvalue weighted by molar-refractivity contribution is 0.0253. The number of aromatic nitrogens is 1. The van der Waals surface area contributed by atoms with E-state index in [1.165, 1.54) is 5.69 Å². The molecule has 7 nitrogen and oxygen atoms in total. The Balaban J connectivity index is 2.55. The minimum absolute atomic E-state index is 0.270. The lowest BCUT2D eigenvalue weighted by Gasteiger charge is -2.28. The summed E-state index contributed by atoms with van der Waals surface area (Å²) < 4.78 is 7.58. The summed E-state index contributed by atoms with van der Waals surface area (Å²) in [6.07, 6.45) is 2.65. The summed E-state index contributed by atoms with van der Waals surface area (Å²) in [7, 11) is 5.80. The summed E-state index contributed by atoms with van der Waals surface area (Å²) in [4.78, 5) is 20.4. The average molecular weight is 366 g/mol. The molecule has 0 unspecified atom stereocenters. The van der Waals surface area contributed by atoms with Gasteiger partial charge in [0, 0.05) is 52.7 Å². The SMILES string of the molecule is CCCN(CCNC(=NC)N(C)Cc1cccn1C)C(=O)OC(C)(C)C. The first kappa shape index (κ1) is 21.9. The molecule has 0 spiro atoms. The van der Waals surface area contributed by atoms with Gasteiger partial charge in [-0.15, -0.1) is 0 Å². The van der Waals surface area contributed by atoms with Crippen molar-refractivity contribution >= 4 is 12.1 Å². The third-order valence-electron chi connectivity index (χ3n) is 3.83. The Hall–Kier alpha value is -2.18. The van der Waals surface area contributed by atoms with Crippen LogP contribution in [0.2, 0.25) is 0 Å². The zero-order valence-corrected chi connectivity index (χ0v) is 17.4. The van der Waals surface area contributed by atoms with Crippen LogP contribution in [-0.2, 0) is 18.3 Å². The van der Waals surface area contributed by atoms with E-state index in [9.17, 15) is 4.79 Å². The van der Waals surface area contributed by atoms with Crippen LogP contribution in [0, 0.1) is 0 Å². The van der Waals surface area contributed by atoms with Crippen molar-refractivity contribution in [2.24, 2.45) is 12.0 Å². The Morgan fingerprint density at radius 1 is 1.35 bits per heavy atom. The monoisotopic (exact) mass is 365 g/mol. The molecule has 0 fully saturated rings. The second-order valence-electron chi connectivity index (χ2n) is 7.41. The zero-order valence-electron chi connectivity index (χ0n) is 17.4. The molecule has 0 saturated heterocycles. The van der Waals surface area contributed by atoms with Gasteiger partial charge in [-0.25, -0.2) is 4.79 Å². The third kappa shape index (κ3) is 7.37. The van der Waals surface area contributed by atoms with Gasteiger partial charge in [-0.3, -0.25) is 4.99 Å². The number of carbonyl (C=O) groups is 1. The molecule has 0 bridgehead atoms. The molecule has 0 atom stereocenters. The number of ether oxygens (including phenoxy) is 1. The number of hydrogen-bond donors (Lipinski definition) is 1. The molecule has 0 aliphatic heterocycles. The van der Waals surface area contributed by atoms with Crippen molar-refractivity contribution in [3.63, 3.8) is 0 Å². The van der Waals surface area contributed by atoms with E-state index in [0.717, 1.165) is 18.9 Å². The second kappa shape index (κ2) is 10.1. The van der Waals surface area contributed by atoms with Crippen molar-refractivity contribution in [1.82, 2.24) is 19.7 Å². The second-order valence-corrected chi connectivity index (χ2v) is 7.41. The van der Waals surface area contributed by atoms with Gasteiger partial charge in [0.05, 0.1) is 6.54 Å². The summed E-state index contributed by atoms with van der Waals surface area (Å²) >= 11 is 0. The van der Waals surface area contributed by atoms with Crippen molar-refractivity contribution in [3.05, 3.63) is 24.0 Å². The Labute approximate surface area is 158 Å². The molecule has 148 valence electrons. The molecular weight excluding hydrogens is 330 g/mol. The number of aliphatic imine (C=N–C) groups is 1. The fourth-order valence-electron chi connectivity index (χ4n) is 2.56. The molecule has 1 aromatic rings. The van der Waals surface area contributed by atoms with E-state index < -0.39 is 5.60 Å². The fraction of sp³-hybridized carbons (Fsp3) is 0.684. The van der Waals surface area contributed by atoms with Gasteiger partial charge in [0.25, 0.3) is 0 Å². The standard InChI is InChI=1S/C19H35N5O2/c1-8-12-24(18(25)26-19(2,3)4)14-11-21-17(20-5)23(7)15-16-10-9-13-22(16)6/h9-10,13H,8,11-12,14-15H2,1-7H3,(H,20,21). The fourth-order valence-corrected chi connectivity index (χ4v) is 2.56. The highest BCUT2D eigenvalue weighted by atomic mass is 16.6. The van der Waals surface area contributed by atoms with Gasteiger partial charge in [0.2, 0.25) is 0 Å². The van der Waals surface area contributed by atoms with Gasteiger partial charge in [-0.1, -0.05) is 6.92 Å². The van der Waals surface area contributed by atoms with Gasteiger partial charge < -0.3 is 24.4 Å². The highest BCUT2D eigenvalue weighted by molar-refractivity contribution is 5.79. The number of rotatable bonds is 7. The molecule has 0 aromatic carbocycles. The molecule has 1 amide bonds. The van der Waals surface area contributed by atoms with Crippen LogP contribution in [0.3, 0.4) is 0 Å². The molecule has 1 N–H and O–H groups in total. The lowest BCUT2D eigenvalue weighted by atomic mass is 10.2. The molecule has 1 heterocycles. The molecule has 0 aliphatic carbocycles. The highest BCUT2D eigenvalue weighted by Crippen LogP contribution is 2.10. The number of amides is 1. The minimum Gasteiger partial charge on any atom is -0.444 e. The Morgan fingerprint density at radius 3 is 2.54 bits per heavy atom. The van der Waals surface area contributed by atoms with Crippen LogP contribution in [-0.4, -0.2) is 65.8 Å². The third-order valence-corrected chi connectivity index (χ3v) is 3.83. The van der Waals surface area contributed by atoms with Crippen molar-refractivity contribution in [1.29, 1.82) is 0 Å². The van der Waals surface area contributed by atoms with Crippen LogP contribution in [0.15, 0.2) is 23.3 Å². The number of aryl methyl sites for hydroxylation is 1. The van der Waals surface area contributed by atoms with E-state index in [-0.39, 0.29) is 6.09 Å². The zero-order chi connectivity index (χ0) is 19.7. The van der Waals surface area contributed by atoms with Crippen LogP contribution < -0.4 is 5.32 Å².